The van der Waals surface area contributed by atoms with Crippen LogP contribution in [0.15, 0.2) is 48.5 Å². The Morgan fingerprint density at radius 2 is 1.82 bits per heavy atom. The minimum Gasteiger partial charge on any atom is -0.384 e. The van der Waals surface area contributed by atoms with Gasteiger partial charge in [-0.25, -0.2) is 8.78 Å². The molecule has 0 aliphatic carbocycles. The number of hydrogen-bond acceptors (Lipinski definition) is 2. The molecule has 2 aromatic rings. The Hall–Kier alpha value is -2.43. The van der Waals surface area contributed by atoms with Crippen molar-refractivity contribution in [2.45, 2.75) is 13.0 Å². The lowest BCUT2D eigenvalue weighted by Crippen LogP contribution is -2.27. The van der Waals surface area contributed by atoms with E-state index < -0.39 is 11.6 Å². The van der Waals surface area contributed by atoms with Crippen molar-refractivity contribution in [1.29, 1.82) is 0 Å². The summed E-state index contributed by atoms with van der Waals surface area (Å²) in [5, 5.41) is 2.91. The summed E-state index contributed by atoms with van der Waals surface area (Å²) < 4.78 is 25.8. The van der Waals surface area contributed by atoms with Crippen LogP contribution in [-0.2, 0) is 11.3 Å². The van der Waals surface area contributed by atoms with E-state index >= 15 is 0 Å². The summed E-state index contributed by atoms with van der Waals surface area (Å²) in [6.07, 6.45) is 0.280. The number of benzene rings is 2. The van der Waals surface area contributed by atoms with Gasteiger partial charge in [-0.15, -0.1) is 0 Å². The Kier molecular flexibility index (Phi) is 5.47. The van der Waals surface area contributed by atoms with Gasteiger partial charge in [0.15, 0.2) is 11.6 Å². The molecule has 0 aliphatic heterocycles. The molecule has 116 valence electrons. The molecular weight excluding hydrogens is 286 g/mol. The number of amides is 1. The fourth-order valence-corrected chi connectivity index (χ4v) is 2.06. The predicted molar refractivity (Wildman–Crippen MR) is 82.4 cm³/mol. The second-order valence-electron chi connectivity index (χ2n) is 5.04. The van der Waals surface area contributed by atoms with E-state index in [9.17, 15) is 13.6 Å². The van der Waals surface area contributed by atoms with Crippen molar-refractivity contribution in [2.24, 2.45) is 0 Å². The van der Waals surface area contributed by atoms with Gasteiger partial charge in [0, 0.05) is 32.2 Å². The first-order valence-electron chi connectivity index (χ1n) is 7.03. The minimum absolute atomic E-state index is 0.0149. The average Bonchev–Trinajstić information content (AvgIpc) is 2.51. The maximum Gasteiger partial charge on any atom is 0.224 e. The molecule has 0 bridgehead atoms. The van der Waals surface area contributed by atoms with Crippen molar-refractivity contribution in [3.8, 4) is 0 Å². The van der Waals surface area contributed by atoms with Crippen LogP contribution < -0.4 is 5.32 Å². The molecule has 1 amide bonds. The van der Waals surface area contributed by atoms with Crippen LogP contribution in [0.4, 0.5) is 14.5 Å². The smallest absolute Gasteiger partial charge is 0.224 e. The predicted octanol–water partition coefficient (Wildman–Crippen LogP) is 3.43. The lowest BCUT2D eigenvalue weighted by Gasteiger charge is -2.17. The van der Waals surface area contributed by atoms with Gasteiger partial charge in [0.2, 0.25) is 5.91 Å². The Bertz CT molecular complexity index is 632. The van der Waals surface area contributed by atoms with Crippen LogP contribution in [0.5, 0.6) is 0 Å². The molecule has 5 heteroatoms. The summed E-state index contributed by atoms with van der Waals surface area (Å²) in [6.45, 7) is 0.911. The van der Waals surface area contributed by atoms with Gasteiger partial charge in [0.1, 0.15) is 0 Å². The highest BCUT2D eigenvalue weighted by atomic mass is 19.2. The third kappa shape index (κ3) is 4.55. The van der Waals surface area contributed by atoms with E-state index in [1.807, 2.05) is 30.3 Å². The summed E-state index contributed by atoms with van der Waals surface area (Å²) in [6, 6.07) is 13.3. The highest BCUT2D eigenvalue weighted by Gasteiger charge is 2.09. The second-order valence-corrected chi connectivity index (χ2v) is 5.04. The molecule has 0 heterocycles. The molecule has 3 nitrogen and oxygen atoms in total. The second kappa shape index (κ2) is 7.54. The van der Waals surface area contributed by atoms with E-state index in [1.165, 1.54) is 6.07 Å². The maximum absolute atomic E-state index is 13.0. The van der Waals surface area contributed by atoms with Gasteiger partial charge in [-0.1, -0.05) is 30.3 Å². The van der Waals surface area contributed by atoms with Crippen LogP contribution in [0.1, 0.15) is 12.0 Å². The van der Waals surface area contributed by atoms with E-state index in [2.05, 4.69) is 5.32 Å². The zero-order valence-electron chi connectivity index (χ0n) is 12.4. The van der Waals surface area contributed by atoms with E-state index in [1.54, 1.807) is 11.9 Å². The average molecular weight is 304 g/mol. The minimum atomic E-state index is -0.905. The highest BCUT2D eigenvalue weighted by Crippen LogP contribution is 2.13. The number of rotatable bonds is 6. The molecule has 0 saturated heterocycles. The molecule has 1 N–H and O–H groups in total. The molecule has 0 fully saturated rings. The SMILES string of the molecule is CN(Cc1ccccc1)C(=O)CCNc1ccc(F)c(F)c1. The molecule has 2 rings (SSSR count). The van der Waals surface area contributed by atoms with Gasteiger partial charge >= 0.3 is 0 Å². The van der Waals surface area contributed by atoms with Crippen molar-refractivity contribution >= 4 is 11.6 Å². The van der Waals surface area contributed by atoms with E-state index in [-0.39, 0.29) is 12.3 Å². The quantitative estimate of drug-likeness (QED) is 0.887. The van der Waals surface area contributed by atoms with Gasteiger partial charge in [-0.2, -0.15) is 0 Å². The third-order valence-corrected chi connectivity index (χ3v) is 3.28. The Balaban J connectivity index is 1.78. The van der Waals surface area contributed by atoms with Crippen LogP contribution in [0.2, 0.25) is 0 Å². The standard InChI is InChI=1S/C17H18F2N2O/c1-21(12-13-5-3-2-4-6-13)17(22)9-10-20-14-7-8-15(18)16(19)11-14/h2-8,11,20H,9-10,12H2,1H3. The first-order chi connectivity index (χ1) is 10.6. The molecular formula is C17H18F2N2O. The fraction of sp³-hybridized carbons (Fsp3) is 0.235. The number of nitrogens with one attached hydrogen (secondary N) is 1. The zero-order chi connectivity index (χ0) is 15.9. The summed E-state index contributed by atoms with van der Waals surface area (Å²) in [4.78, 5) is 13.7. The van der Waals surface area contributed by atoms with Crippen LogP contribution in [0.25, 0.3) is 0 Å². The number of carbonyl (C=O) groups excluding carboxylic acids is 1. The van der Waals surface area contributed by atoms with Crippen molar-refractivity contribution in [1.82, 2.24) is 4.90 Å². The number of hydrogen-bond donors (Lipinski definition) is 1. The van der Waals surface area contributed by atoms with Gasteiger partial charge in [0.25, 0.3) is 0 Å². The molecule has 0 spiro atoms. The maximum atomic E-state index is 13.0. The van der Waals surface area contributed by atoms with Gasteiger partial charge in [-0.05, 0) is 23.8 Å². The summed E-state index contributed by atoms with van der Waals surface area (Å²) in [7, 11) is 1.74. The molecule has 0 aliphatic rings. The first-order valence-corrected chi connectivity index (χ1v) is 7.03. The van der Waals surface area contributed by atoms with Gasteiger partial charge in [0.05, 0.1) is 0 Å². The first kappa shape index (κ1) is 15.9. The molecule has 0 radical (unpaired) electrons. The van der Waals surface area contributed by atoms with E-state index in [0.29, 0.717) is 18.8 Å². The van der Waals surface area contributed by atoms with Crippen LogP contribution in [-0.4, -0.2) is 24.4 Å². The number of anilines is 1. The number of carbonyl (C=O) groups is 1. The molecule has 0 unspecified atom stereocenters. The van der Waals surface area contributed by atoms with Crippen molar-refractivity contribution in [3.05, 3.63) is 65.7 Å². The van der Waals surface area contributed by atoms with E-state index in [4.69, 9.17) is 0 Å². The normalized spacial score (nSPS) is 10.3. The van der Waals surface area contributed by atoms with Gasteiger partial charge < -0.3 is 10.2 Å². The van der Waals surface area contributed by atoms with Crippen molar-refractivity contribution < 1.29 is 13.6 Å². The summed E-state index contributed by atoms with van der Waals surface area (Å²) in [5.74, 6) is -1.80. The van der Waals surface area contributed by atoms with E-state index in [0.717, 1.165) is 17.7 Å². The third-order valence-electron chi connectivity index (χ3n) is 3.28. The summed E-state index contributed by atoms with van der Waals surface area (Å²) in [5.41, 5.74) is 1.52. The molecule has 0 aromatic heterocycles. The fourth-order valence-electron chi connectivity index (χ4n) is 2.06. The Morgan fingerprint density at radius 3 is 2.50 bits per heavy atom. The van der Waals surface area contributed by atoms with Crippen molar-refractivity contribution in [3.63, 3.8) is 0 Å². The Labute approximate surface area is 128 Å². The Morgan fingerprint density at radius 1 is 1.09 bits per heavy atom. The monoisotopic (exact) mass is 304 g/mol. The molecule has 0 atom stereocenters. The summed E-state index contributed by atoms with van der Waals surface area (Å²) >= 11 is 0. The topological polar surface area (TPSA) is 32.3 Å². The van der Waals surface area contributed by atoms with Gasteiger partial charge in [-0.3, -0.25) is 4.79 Å². The molecule has 2 aromatic carbocycles. The number of halogens is 2. The molecule has 22 heavy (non-hydrogen) atoms. The van der Waals surface area contributed by atoms with Crippen LogP contribution in [0, 0.1) is 11.6 Å². The largest absolute Gasteiger partial charge is 0.384 e. The zero-order valence-corrected chi connectivity index (χ0v) is 12.4. The highest BCUT2D eigenvalue weighted by molar-refractivity contribution is 5.76. The van der Waals surface area contributed by atoms with Crippen LogP contribution >= 0.6 is 0 Å². The number of nitrogens with zero attached hydrogens (tertiary/aromatic N) is 1. The molecule has 0 saturated carbocycles. The lowest BCUT2D eigenvalue weighted by atomic mass is 10.2. The van der Waals surface area contributed by atoms with Crippen molar-refractivity contribution in [2.75, 3.05) is 18.9 Å². The van der Waals surface area contributed by atoms with Crippen LogP contribution in [0.3, 0.4) is 0 Å². The lowest BCUT2D eigenvalue weighted by molar-refractivity contribution is -0.130.